The summed E-state index contributed by atoms with van der Waals surface area (Å²) in [6.07, 6.45) is 1.44. The molecule has 0 atom stereocenters. The lowest BCUT2D eigenvalue weighted by molar-refractivity contribution is -0.123. The molecule has 3 aromatic rings. The van der Waals surface area contributed by atoms with Crippen molar-refractivity contribution in [1.29, 1.82) is 0 Å². The molecule has 3 aromatic carbocycles. The molecule has 0 spiro atoms. The van der Waals surface area contributed by atoms with Gasteiger partial charge in [0.1, 0.15) is 5.75 Å². The molecule has 1 amide bonds. The lowest BCUT2D eigenvalue weighted by Crippen LogP contribution is -2.24. The first-order chi connectivity index (χ1) is 15.5. The van der Waals surface area contributed by atoms with Gasteiger partial charge in [0.15, 0.2) is 18.1 Å². The quantitative estimate of drug-likeness (QED) is 0.237. The first-order valence-electron chi connectivity index (χ1n) is 9.63. The van der Waals surface area contributed by atoms with Crippen molar-refractivity contribution in [1.82, 2.24) is 5.43 Å². The topological polar surface area (TPSA) is 86.2 Å². The molecule has 3 rings (SSSR count). The van der Waals surface area contributed by atoms with Crippen LogP contribution in [0.5, 0.6) is 17.2 Å². The number of hydrazone groups is 1. The van der Waals surface area contributed by atoms with Gasteiger partial charge in [0.25, 0.3) is 5.91 Å². The average Bonchev–Trinajstić information content (AvgIpc) is 2.79. The van der Waals surface area contributed by atoms with Gasteiger partial charge in [-0.3, -0.25) is 4.79 Å². The number of rotatable bonds is 8. The van der Waals surface area contributed by atoms with Crippen LogP contribution in [0.1, 0.15) is 21.5 Å². The Morgan fingerprint density at radius 2 is 1.75 bits per heavy atom. The molecule has 0 bridgehead atoms. The Kier molecular flexibility index (Phi) is 7.83. The van der Waals surface area contributed by atoms with E-state index in [9.17, 15) is 9.59 Å². The molecule has 164 valence electrons. The van der Waals surface area contributed by atoms with E-state index in [1.807, 2.05) is 25.1 Å². The van der Waals surface area contributed by atoms with Gasteiger partial charge in [-0.1, -0.05) is 41.9 Å². The van der Waals surface area contributed by atoms with Gasteiger partial charge in [0.2, 0.25) is 0 Å². The standard InChI is InChI=1S/C24H21ClN2O5/c1-16-7-3-6-10-20(16)31-15-23(28)27-26-14-17-11-12-21(22(13-17)30-2)32-24(29)18-8-4-5-9-19(18)25/h3-14H,15H2,1-2H3,(H,27,28). The first-order valence-corrected chi connectivity index (χ1v) is 10.0. The minimum absolute atomic E-state index is 0.164. The van der Waals surface area contributed by atoms with Gasteiger partial charge in [0, 0.05) is 0 Å². The van der Waals surface area contributed by atoms with Crippen LogP contribution in [0.4, 0.5) is 0 Å². The molecule has 0 radical (unpaired) electrons. The van der Waals surface area contributed by atoms with Crippen LogP contribution in [-0.4, -0.2) is 31.8 Å². The second-order valence-electron chi connectivity index (χ2n) is 6.63. The van der Waals surface area contributed by atoms with Crippen molar-refractivity contribution in [3.63, 3.8) is 0 Å². The third kappa shape index (κ3) is 6.09. The largest absolute Gasteiger partial charge is 0.493 e. The number of methoxy groups -OCH3 is 1. The summed E-state index contributed by atoms with van der Waals surface area (Å²) in [5, 5.41) is 4.21. The molecule has 0 aliphatic heterocycles. The minimum atomic E-state index is -0.601. The SMILES string of the molecule is COc1cc(C=NNC(=O)COc2ccccc2C)ccc1OC(=O)c1ccccc1Cl. The molecule has 32 heavy (non-hydrogen) atoms. The van der Waals surface area contributed by atoms with Crippen LogP contribution < -0.4 is 19.6 Å². The van der Waals surface area contributed by atoms with Gasteiger partial charge in [-0.15, -0.1) is 0 Å². The number of amides is 1. The summed E-state index contributed by atoms with van der Waals surface area (Å²) in [6, 6.07) is 18.9. The van der Waals surface area contributed by atoms with Crippen LogP contribution in [-0.2, 0) is 4.79 Å². The van der Waals surface area contributed by atoms with Crippen molar-refractivity contribution in [2.45, 2.75) is 6.92 Å². The summed E-state index contributed by atoms with van der Waals surface area (Å²) in [5.41, 5.74) is 4.21. The summed E-state index contributed by atoms with van der Waals surface area (Å²) in [7, 11) is 1.45. The fourth-order valence-electron chi connectivity index (χ4n) is 2.70. The highest BCUT2D eigenvalue weighted by Gasteiger charge is 2.15. The molecule has 0 fully saturated rings. The van der Waals surface area contributed by atoms with Crippen molar-refractivity contribution in [3.8, 4) is 17.2 Å². The Bertz CT molecular complexity index is 1150. The summed E-state index contributed by atoms with van der Waals surface area (Å²) < 4.78 is 16.2. The smallest absolute Gasteiger partial charge is 0.345 e. The van der Waals surface area contributed by atoms with Gasteiger partial charge >= 0.3 is 5.97 Å². The molecule has 0 aromatic heterocycles. The molecular weight excluding hydrogens is 432 g/mol. The molecule has 8 heteroatoms. The number of nitrogens with one attached hydrogen (secondary N) is 1. The molecular formula is C24H21ClN2O5. The van der Waals surface area contributed by atoms with Crippen molar-refractivity contribution in [3.05, 3.63) is 88.4 Å². The van der Waals surface area contributed by atoms with E-state index < -0.39 is 11.9 Å². The van der Waals surface area contributed by atoms with E-state index in [2.05, 4.69) is 10.5 Å². The second-order valence-corrected chi connectivity index (χ2v) is 7.03. The van der Waals surface area contributed by atoms with Crippen molar-refractivity contribution in [2.24, 2.45) is 5.10 Å². The normalized spacial score (nSPS) is 10.6. The van der Waals surface area contributed by atoms with Crippen LogP contribution >= 0.6 is 11.6 Å². The third-order valence-electron chi connectivity index (χ3n) is 4.34. The van der Waals surface area contributed by atoms with Crippen LogP contribution in [0.2, 0.25) is 5.02 Å². The maximum Gasteiger partial charge on any atom is 0.345 e. The number of carbonyl (C=O) groups is 2. The highest BCUT2D eigenvalue weighted by atomic mass is 35.5. The second kappa shape index (κ2) is 11.0. The van der Waals surface area contributed by atoms with Crippen LogP contribution in [0.3, 0.4) is 0 Å². The number of aryl methyl sites for hydroxylation is 1. The molecule has 7 nitrogen and oxygen atoms in total. The lowest BCUT2D eigenvalue weighted by atomic mass is 10.2. The average molecular weight is 453 g/mol. The van der Waals surface area contributed by atoms with E-state index in [4.69, 9.17) is 25.8 Å². The summed E-state index contributed by atoms with van der Waals surface area (Å²) >= 11 is 6.04. The van der Waals surface area contributed by atoms with E-state index in [1.165, 1.54) is 13.3 Å². The van der Waals surface area contributed by atoms with E-state index in [1.54, 1.807) is 48.5 Å². The molecule has 0 saturated heterocycles. The number of carbonyl (C=O) groups excluding carboxylic acids is 2. The highest BCUT2D eigenvalue weighted by Crippen LogP contribution is 2.29. The number of para-hydroxylation sites is 1. The Labute approximate surface area is 190 Å². The van der Waals surface area contributed by atoms with E-state index in [0.717, 1.165) is 5.56 Å². The zero-order valence-corrected chi connectivity index (χ0v) is 18.3. The zero-order chi connectivity index (χ0) is 22.9. The molecule has 0 heterocycles. The molecule has 1 N–H and O–H groups in total. The lowest BCUT2D eigenvalue weighted by Gasteiger charge is -2.10. The number of nitrogens with zero attached hydrogens (tertiary/aromatic N) is 1. The zero-order valence-electron chi connectivity index (χ0n) is 17.5. The van der Waals surface area contributed by atoms with Gasteiger partial charge in [-0.2, -0.15) is 5.10 Å². The number of hydrogen-bond acceptors (Lipinski definition) is 6. The summed E-state index contributed by atoms with van der Waals surface area (Å²) in [4.78, 5) is 24.3. The Morgan fingerprint density at radius 1 is 1.00 bits per heavy atom. The van der Waals surface area contributed by atoms with Gasteiger partial charge in [-0.25, -0.2) is 10.2 Å². The number of halogens is 1. The number of ether oxygens (including phenoxy) is 3. The Morgan fingerprint density at radius 3 is 2.50 bits per heavy atom. The van der Waals surface area contributed by atoms with Crippen molar-refractivity contribution < 1.29 is 23.8 Å². The monoisotopic (exact) mass is 452 g/mol. The van der Waals surface area contributed by atoms with Gasteiger partial charge in [0.05, 0.1) is 23.9 Å². The van der Waals surface area contributed by atoms with E-state index in [-0.39, 0.29) is 17.9 Å². The molecule has 0 aliphatic carbocycles. The molecule has 0 saturated carbocycles. The third-order valence-corrected chi connectivity index (χ3v) is 4.67. The predicted molar refractivity (Wildman–Crippen MR) is 122 cm³/mol. The molecule has 0 unspecified atom stereocenters. The van der Waals surface area contributed by atoms with Gasteiger partial charge < -0.3 is 14.2 Å². The highest BCUT2D eigenvalue weighted by molar-refractivity contribution is 6.33. The van der Waals surface area contributed by atoms with Crippen LogP contribution in [0.25, 0.3) is 0 Å². The van der Waals surface area contributed by atoms with Gasteiger partial charge in [-0.05, 0) is 54.4 Å². The Hall–Kier alpha value is -3.84. The maximum absolute atomic E-state index is 12.4. The van der Waals surface area contributed by atoms with Crippen molar-refractivity contribution >= 4 is 29.7 Å². The summed E-state index contributed by atoms with van der Waals surface area (Å²) in [6.45, 7) is 1.73. The van der Waals surface area contributed by atoms with Crippen molar-refractivity contribution in [2.75, 3.05) is 13.7 Å². The number of benzene rings is 3. The fourth-order valence-corrected chi connectivity index (χ4v) is 2.92. The van der Waals surface area contributed by atoms with E-state index in [0.29, 0.717) is 22.1 Å². The number of hydrogen-bond donors (Lipinski definition) is 1. The van der Waals surface area contributed by atoms with E-state index >= 15 is 0 Å². The minimum Gasteiger partial charge on any atom is -0.493 e. The summed E-state index contributed by atoms with van der Waals surface area (Å²) in [5.74, 6) is 0.185. The fraction of sp³-hybridized carbons (Fsp3) is 0.125. The maximum atomic E-state index is 12.4. The first kappa shape index (κ1) is 22.8. The Balaban J connectivity index is 1.58. The van der Waals surface area contributed by atoms with Crippen LogP contribution in [0, 0.1) is 6.92 Å². The van der Waals surface area contributed by atoms with Crippen LogP contribution in [0.15, 0.2) is 71.8 Å². The number of esters is 1. The predicted octanol–water partition coefficient (Wildman–Crippen LogP) is 4.41. The molecule has 0 aliphatic rings.